The van der Waals surface area contributed by atoms with Crippen LogP contribution in [-0.4, -0.2) is 84.1 Å². The molecule has 0 atom stereocenters. The van der Waals surface area contributed by atoms with E-state index < -0.39 is 0 Å². The number of aliphatic hydroxyl groups excluding tert-OH is 1. The maximum absolute atomic E-state index is 13.4. The van der Waals surface area contributed by atoms with E-state index >= 15 is 0 Å². The Hall–Kier alpha value is -2.38. The molecular weight excluding hydrogens is 406 g/mol. The summed E-state index contributed by atoms with van der Waals surface area (Å²) in [4.78, 5) is 32.5. The second-order valence-electron chi connectivity index (χ2n) is 8.47. The smallest absolute Gasteiger partial charge is 0.277 e. The minimum Gasteiger partial charge on any atom is -0.494 e. The molecule has 32 heavy (non-hydrogen) atoms. The summed E-state index contributed by atoms with van der Waals surface area (Å²) in [5.41, 5.74) is 1.79. The highest BCUT2D eigenvalue weighted by atomic mass is 16.5. The van der Waals surface area contributed by atoms with Gasteiger partial charge in [0, 0.05) is 39.3 Å². The van der Waals surface area contributed by atoms with E-state index in [9.17, 15) is 14.7 Å². The van der Waals surface area contributed by atoms with Crippen molar-refractivity contribution in [1.82, 2.24) is 14.7 Å². The van der Waals surface area contributed by atoms with E-state index in [1.54, 1.807) is 0 Å². The van der Waals surface area contributed by atoms with Crippen molar-refractivity contribution in [2.75, 3.05) is 52.5 Å². The molecule has 176 valence electrons. The lowest BCUT2D eigenvalue weighted by molar-refractivity contribution is -0.137. The van der Waals surface area contributed by atoms with Crippen LogP contribution in [0.5, 0.6) is 5.75 Å². The second kappa shape index (κ2) is 12.0. The summed E-state index contributed by atoms with van der Waals surface area (Å²) < 4.78 is 5.68. The molecule has 1 aromatic carbocycles. The lowest BCUT2D eigenvalue weighted by Crippen LogP contribution is -2.48. The summed E-state index contributed by atoms with van der Waals surface area (Å²) in [5, 5.41) is 9.21. The third kappa shape index (κ3) is 5.70. The Bertz CT molecular complexity index is 798. The molecule has 0 unspecified atom stereocenters. The Morgan fingerprint density at radius 1 is 0.875 bits per heavy atom. The summed E-state index contributed by atoms with van der Waals surface area (Å²) in [7, 11) is 0. The Morgan fingerprint density at radius 3 is 2.22 bits per heavy atom. The standard InChI is InChI=1S/C25H37N3O4/c1-3-5-6-7-12-28-24(30)22(20-8-10-21(11-9-20)32-19-4-2)23(25(28)31)27-15-13-26(14-16-27)17-18-29/h8-11,29H,3-7,12-19H2,1-2H3. The molecule has 7 heteroatoms. The van der Waals surface area contributed by atoms with Crippen LogP contribution in [0.1, 0.15) is 51.5 Å². The third-order valence-electron chi connectivity index (χ3n) is 6.10. The number of nitrogens with zero attached hydrogens (tertiary/aromatic N) is 3. The predicted octanol–water partition coefficient (Wildman–Crippen LogP) is 2.75. The van der Waals surface area contributed by atoms with Crippen LogP contribution >= 0.6 is 0 Å². The minimum atomic E-state index is -0.193. The molecule has 7 nitrogen and oxygen atoms in total. The number of carbonyl (C=O) groups is 2. The number of ether oxygens (including phenoxy) is 1. The van der Waals surface area contributed by atoms with Crippen LogP contribution in [0.4, 0.5) is 0 Å². The average Bonchev–Trinajstić information content (AvgIpc) is 3.06. The molecule has 2 aliphatic heterocycles. The number of hydrogen-bond acceptors (Lipinski definition) is 6. The van der Waals surface area contributed by atoms with E-state index in [1.165, 1.54) is 4.90 Å². The van der Waals surface area contributed by atoms with Gasteiger partial charge in [0.25, 0.3) is 11.8 Å². The average molecular weight is 444 g/mol. The fraction of sp³-hybridized carbons (Fsp3) is 0.600. The molecular formula is C25H37N3O4. The molecule has 2 aliphatic rings. The van der Waals surface area contributed by atoms with Gasteiger partial charge in [0.05, 0.1) is 18.8 Å². The first-order valence-electron chi connectivity index (χ1n) is 12.0. The number of unbranched alkanes of at least 4 members (excludes halogenated alkanes) is 3. The van der Waals surface area contributed by atoms with Crippen molar-refractivity contribution < 1.29 is 19.4 Å². The number of benzene rings is 1. The van der Waals surface area contributed by atoms with E-state index in [2.05, 4.69) is 23.6 Å². The van der Waals surface area contributed by atoms with Gasteiger partial charge >= 0.3 is 0 Å². The first-order valence-corrected chi connectivity index (χ1v) is 12.0. The van der Waals surface area contributed by atoms with Crippen LogP contribution in [-0.2, 0) is 9.59 Å². The van der Waals surface area contributed by atoms with Gasteiger partial charge in [0.15, 0.2) is 0 Å². The fourth-order valence-electron chi connectivity index (χ4n) is 4.29. The lowest BCUT2D eigenvalue weighted by atomic mass is 10.0. The van der Waals surface area contributed by atoms with Gasteiger partial charge in [-0.05, 0) is 30.5 Å². The Labute approximate surface area is 191 Å². The molecule has 0 aliphatic carbocycles. The third-order valence-corrected chi connectivity index (χ3v) is 6.10. The highest BCUT2D eigenvalue weighted by molar-refractivity contribution is 6.35. The van der Waals surface area contributed by atoms with Crippen LogP contribution in [0.2, 0.25) is 0 Å². The monoisotopic (exact) mass is 443 g/mol. The molecule has 0 saturated carbocycles. The first-order chi connectivity index (χ1) is 15.6. The number of carbonyl (C=O) groups excluding carboxylic acids is 2. The second-order valence-corrected chi connectivity index (χ2v) is 8.47. The normalized spacial score (nSPS) is 17.6. The molecule has 0 spiro atoms. The Balaban J connectivity index is 1.84. The van der Waals surface area contributed by atoms with E-state index in [0.29, 0.717) is 44.1 Å². The van der Waals surface area contributed by atoms with Gasteiger partial charge in [0.2, 0.25) is 0 Å². The van der Waals surface area contributed by atoms with Gasteiger partial charge in [-0.3, -0.25) is 19.4 Å². The summed E-state index contributed by atoms with van der Waals surface area (Å²) in [6.45, 7) is 8.94. The highest BCUT2D eigenvalue weighted by Crippen LogP contribution is 2.33. The first kappa shape index (κ1) is 24.3. The van der Waals surface area contributed by atoms with Crippen molar-refractivity contribution in [2.45, 2.75) is 46.0 Å². The summed E-state index contributed by atoms with van der Waals surface area (Å²) in [6.07, 6.45) is 5.00. The molecule has 1 fully saturated rings. The van der Waals surface area contributed by atoms with Gasteiger partial charge in [-0.2, -0.15) is 0 Å². The summed E-state index contributed by atoms with van der Waals surface area (Å²) in [6, 6.07) is 7.51. The van der Waals surface area contributed by atoms with Crippen LogP contribution in [0.25, 0.3) is 5.57 Å². The maximum atomic E-state index is 13.4. The van der Waals surface area contributed by atoms with E-state index in [0.717, 1.165) is 56.5 Å². The van der Waals surface area contributed by atoms with Crippen molar-refractivity contribution in [3.05, 3.63) is 35.5 Å². The number of β-amino-alcohol motifs (C(OH)–C–C–N with tert-alkyl or cyclic N) is 1. The zero-order valence-electron chi connectivity index (χ0n) is 19.5. The van der Waals surface area contributed by atoms with Crippen molar-refractivity contribution in [2.24, 2.45) is 0 Å². The van der Waals surface area contributed by atoms with E-state index in [1.807, 2.05) is 24.3 Å². The zero-order chi connectivity index (χ0) is 22.9. The number of piperazine rings is 1. The Morgan fingerprint density at radius 2 is 1.59 bits per heavy atom. The quantitative estimate of drug-likeness (QED) is 0.396. The molecule has 2 heterocycles. The van der Waals surface area contributed by atoms with Gasteiger partial charge < -0.3 is 14.7 Å². The largest absolute Gasteiger partial charge is 0.494 e. The molecule has 2 amide bonds. The number of aliphatic hydroxyl groups is 1. The lowest BCUT2D eigenvalue weighted by Gasteiger charge is -2.36. The number of hydrogen-bond donors (Lipinski definition) is 1. The molecule has 1 saturated heterocycles. The number of imide groups is 1. The maximum Gasteiger partial charge on any atom is 0.277 e. The van der Waals surface area contributed by atoms with Crippen molar-refractivity contribution in [3.8, 4) is 5.75 Å². The molecule has 1 aromatic rings. The number of amides is 2. The molecule has 0 aromatic heterocycles. The zero-order valence-corrected chi connectivity index (χ0v) is 19.5. The van der Waals surface area contributed by atoms with Crippen molar-refractivity contribution in [1.29, 1.82) is 0 Å². The van der Waals surface area contributed by atoms with Gasteiger partial charge in [-0.25, -0.2) is 0 Å². The molecule has 3 rings (SSSR count). The predicted molar refractivity (Wildman–Crippen MR) is 125 cm³/mol. The molecule has 0 radical (unpaired) electrons. The van der Waals surface area contributed by atoms with E-state index in [-0.39, 0.29) is 18.4 Å². The van der Waals surface area contributed by atoms with Crippen molar-refractivity contribution in [3.63, 3.8) is 0 Å². The SMILES string of the molecule is CCCCCCN1C(=O)C(c2ccc(OCCC)cc2)=C(N2CCN(CCO)CC2)C1=O. The van der Waals surface area contributed by atoms with Crippen LogP contribution in [0.3, 0.4) is 0 Å². The van der Waals surface area contributed by atoms with Crippen LogP contribution < -0.4 is 4.74 Å². The summed E-state index contributed by atoms with van der Waals surface area (Å²) >= 11 is 0. The highest BCUT2D eigenvalue weighted by Gasteiger charge is 2.41. The Kier molecular flexibility index (Phi) is 9.11. The number of rotatable bonds is 12. The molecule has 1 N–H and O–H groups in total. The molecule has 0 bridgehead atoms. The topological polar surface area (TPSA) is 73.3 Å². The fourth-order valence-corrected chi connectivity index (χ4v) is 4.29. The van der Waals surface area contributed by atoms with Gasteiger partial charge in [-0.15, -0.1) is 0 Å². The minimum absolute atomic E-state index is 0.128. The van der Waals surface area contributed by atoms with E-state index in [4.69, 9.17) is 4.74 Å². The van der Waals surface area contributed by atoms with Gasteiger partial charge in [0.1, 0.15) is 11.4 Å². The van der Waals surface area contributed by atoms with Crippen molar-refractivity contribution >= 4 is 17.4 Å². The summed E-state index contributed by atoms with van der Waals surface area (Å²) in [5.74, 6) is 0.397. The van der Waals surface area contributed by atoms with Crippen LogP contribution in [0, 0.1) is 0 Å². The van der Waals surface area contributed by atoms with Gasteiger partial charge in [-0.1, -0.05) is 45.2 Å². The van der Waals surface area contributed by atoms with Crippen LogP contribution in [0.15, 0.2) is 30.0 Å².